The number of pyridine rings is 2. The SMILES string of the molecule is c1ccc(-c2c(-c3ccncc3)c(-c3cccnc3)c(-c3ccccc3)c3c2-c2ccc(-c4ccccc4)c4cccc-3c24)cc1. The van der Waals surface area contributed by atoms with Crippen LogP contribution in [-0.2, 0) is 0 Å². The van der Waals surface area contributed by atoms with E-state index in [4.69, 9.17) is 0 Å². The fourth-order valence-electron chi connectivity index (χ4n) is 7.38. The molecule has 0 unspecified atom stereocenters. The molecule has 214 valence electrons. The Morgan fingerprint density at radius 2 is 0.783 bits per heavy atom. The maximum atomic E-state index is 4.64. The van der Waals surface area contributed by atoms with E-state index in [2.05, 4.69) is 149 Å². The number of rotatable bonds is 5. The summed E-state index contributed by atoms with van der Waals surface area (Å²) in [5.74, 6) is 0. The Morgan fingerprint density at radius 1 is 0.283 bits per heavy atom. The number of aromatic nitrogens is 2. The van der Waals surface area contributed by atoms with Crippen molar-refractivity contribution >= 4 is 10.8 Å². The largest absolute Gasteiger partial charge is 0.265 e. The van der Waals surface area contributed by atoms with Crippen LogP contribution in [0, 0.1) is 0 Å². The Hall–Kier alpha value is -6.12. The molecule has 1 aliphatic carbocycles. The zero-order chi connectivity index (χ0) is 30.5. The lowest BCUT2D eigenvalue weighted by atomic mass is 9.77. The van der Waals surface area contributed by atoms with Crippen molar-refractivity contribution in [2.75, 3.05) is 0 Å². The molecule has 0 atom stereocenters. The maximum Gasteiger partial charge on any atom is 0.0346 e. The molecular formula is C44H28N2. The molecule has 2 heterocycles. The minimum Gasteiger partial charge on any atom is -0.265 e. The van der Waals surface area contributed by atoms with E-state index in [0.29, 0.717) is 0 Å². The van der Waals surface area contributed by atoms with Gasteiger partial charge in [0.2, 0.25) is 0 Å². The van der Waals surface area contributed by atoms with Gasteiger partial charge in [-0.05, 0) is 95.7 Å². The predicted octanol–water partition coefficient (Wildman–Crippen LogP) is 11.6. The third-order valence-corrected chi connectivity index (χ3v) is 9.21. The van der Waals surface area contributed by atoms with Crippen LogP contribution in [0.3, 0.4) is 0 Å². The fourth-order valence-corrected chi connectivity index (χ4v) is 7.38. The van der Waals surface area contributed by atoms with E-state index in [1.807, 2.05) is 30.9 Å². The van der Waals surface area contributed by atoms with E-state index in [0.717, 1.165) is 11.1 Å². The normalized spacial score (nSPS) is 11.5. The monoisotopic (exact) mass is 584 g/mol. The first-order valence-corrected chi connectivity index (χ1v) is 15.7. The van der Waals surface area contributed by atoms with Crippen molar-refractivity contribution in [1.82, 2.24) is 9.97 Å². The fraction of sp³-hybridized carbons (Fsp3) is 0. The number of nitrogens with zero attached hydrogens (tertiary/aromatic N) is 2. The molecule has 0 N–H and O–H groups in total. The Balaban J connectivity index is 1.54. The van der Waals surface area contributed by atoms with Crippen LogP contribution in [0.1, 0.15) is 0 Å². The molecule has 1 aliphatic rings. The second-order valence-electron chi connectivity index (χ2n) is 11.7. The first-order valence-electron chi connectivity index (χ1n) is 15.7. The predicted molar refractivity (Wildman–Crippen MR) is 191 cm³/mol. The highest BCUT2D eigenvalue weighted by atomic mass is 14.6. The summed E-state index contributed by atoms with van der Waals surface area (Å²) in [6.07, 6.45) is 7.65. The van der Waals surface area contributed by atoms with E-state index in [9.17, 15) is 0 Å². The van der Waals surface area contributed by atoms with Gasteiger partial charge in [0.25, 0.3) is 0 Å². The molecule has 0 spiro atoms. The van der Waals surface area contributed by atoms with Gasteiger partial charge in [0.1, 0.15) is 0 Å². The minimum atomic E-state index is 1.08. The smallest absolute Gasteiger partial charge is 0.0346 e. The Morgan fingerprint density at radius 3 is 1.39 bits per heavy atom. The van der Waals surface area contributed by atoms with Crippen LogP contribution in [0.4, 0.5) is 0 Å². The molecular weight excluding hydrogens is 556 g/mol. The van der Waals surface area contributed by atoms with E-state index < -0.39 is 0 Å². The first kappa shape index (κ1) is 26.3. The van der Waals surface area contributed by atoms with Crippen molar-refractivity contribution in [1.29, 1.82) is 0 Å². The van der Waals surface area contributed by atoms with Gasteiger partial charge in [0.05, 0.1) is 0 Å². The molecule has 2 nitrogen and oxygen atoms in total. The standard InChI is InChI=1S/C44H28N2/c1-4-12-29(13-5-1)34-21-22-37-42-35(34)19-10-20-36(42)43-40(31-16-8-3-9-17-31)41(33-18-11-25-46-28-33)38(32-23-26-45-27-24-32)39(44(37)43)30-14-6-2-7-15-30/h1-28H. The summed E-state index contributed by atoms with van der Waals surface area (Å²) in [5.41, 5.74) is 16.9. The van der Waals surface area contributed by atoms with Gasteiger partial charge in [-0.15, -0.1) is 0 Å². The first-order chi connectivity index (χ1) is 22.9. The highest BCUT2D eigenvalue weighted by molar-refractivity contribution is 6.27. The molecule has 2 heteroatoms. The summed E-state index contributed by atoms with van der Waals surface area (Å²) >= 11 is 0. The van der Waals surface area contributed by atoms with Crippen molar-refractivity contribution < 1.29 is 0 Å². The van der Waals surface area contributed by atoms with E-state index >= 15 is 0 Å². The summed E-state index contributed by atoms with van der Waals surface area (Å²) in [6, 6.07) is 52.4. The van der Waals surface area contributed by atoms with Crippen LogP contribution in [-0.4, -0.2) is 9.97 Å². The van der Waals surface area contributed by atoms with E-state index in [-0.39, 0.29) is 0 Å². The summed E-state index contributed by atoms with van der Waals surface area (Å²) in [6.45, 7) is 0. The van der Waals surface area contributed by atoms with Gasteiger partial charge >= 0.3 is 0 Å². The van der Waals surface area contributed by atoms with Crippen LogP contribution in [0.15, 0.2) is 170 Å². The molecule has 46 heavy (non-hydrogen) atoms. The van der Waals surface area contributed by atoms with Crippen molar-refractivity contribution in [3.63, 3.8) is 0 Å². The summed E-state index contributed by atoms with van der Waals surface area (Å²) in [5, 5.41) is 2.57. The lowest BCUT2D eigenvalue weighted by molar-refractivity contribution is 1.32. The highest BCUT2D eigenvalue weighted by Crippen LogP contribution is 2.61. The van der Waals surface area contributed by atoms with Gasteiger partial charge in [-0.2, -0.15) is 0 Å². The van der Waals surface area contributed by atoms with Crippen LogP contribution >= 0.6 is 0 Å². The summed E-state index contributed by atoms with van der Waals surface area (Å²) in [7, 11) is 0. The van der Waals surface area contributed by atoms with Crippen molar-refractivity contribution in [2.45, 2.75) is 0 Å². The summed E-state index contributed by atoms with van der Waals surface area (Å²) < 4.78 is 0. The second-order valence-corrected chi connectivity index (χ2v) is 11.7. The molecule has 2 aromatic heterocycles. The van der Waals surface area contributed by atoms with Crippen LogP contribution in [0.2, 0.25) is 0 Å². The Kier molecular flexibility index (Phi) is 6.17. The number of benzene rings is 6. The Labute approximate surface area is 268 Å². The Bertz CT molecular complexity index is 2250. The number of fused-ring (bicyclic) bond motifs is 3. The topological polar surface area (TPSA) is 25.8 Å². The highest BCUT2D eigenvalue weighted by Gasteiger charge is 2.34. The number of hydrogen-bond acceptors (Lipinski definition) is 2. The quantitative estimate of drug-likeness (QED) is 0.201. The maximum absolute atomic E-state index is 4.64. The average Bonchev–Trinajstić information content (AvgIpc) is 3.47. The van der Waals surface area contributed by atoms with Gasteiger partial charge < -0.3 is 0 Å². The lowest BCUT2D eigenvalue weighted by Crippen LogP contribution is -1.99. The molecule has 0 aliphatic heterocycles. The minimum absolute atomic E-state index is 1.08. The van der Waals surface area contributed by atoms with Gasteiger partial charge in [0.15, 0.2) is 0 Å². The van der Waals surface area contributed by atoms with Crippen LogP contribution in [0.25, 0.3) is 88.7 Å². The molecule has 0 bridgehead atoms. The summed E-state index contributed by atoms with van der Waals surface area (Å²) in [4.78, 5) is 9.06. The second kappa shape index (κ2) is 10.8. The lowest BCUT2D eigenvalue weighted by Gasteiger charge is -2.26. The van der Waals surface area contributed by atoms with Crippen molar-refractivity contribution in [3.05, 3.63) is 170 Å². The van der Waals surface area contributed by atoms with Gasteiger partial charge in [-0.1, -0.05) is 127 Å². The molecule has 6 aromatic carbocycles. The molecule has 0 saturated carbocycles. The van der Waals surface area contributed by atoms with Crippen LogP contribution in [0.5, 0.6) is 0 Å². The van der Waals surface area contributed by atoms with Gasteiger partial charge in [0, 0.05) is 35.9 Å². The van der Waals surface area contributed by atoms with E-state index in [1.165, 1.54) is 77.5 Å². The third-order valence-electron chi connectivity index (χ3n) is 9.21. The molecule has 9 rings (SSSR count). The van der Waals surface area contributed by atoms with Gasteiger partial charge in [-0.3, -0.25) is 9.97 Å². The van der Waals surface area contributed by atoms with Crippen molar-refractivity contribution in [3.8, 4) is 77.9 Å². The zero-order valence-electron chi connectivity index (χ0n) is 25.1. The molecule has 0 saturated heterocycles. The average molecular weight is 585 g/mol. The molecule has 0 radical (unpaired) electrons. The van der Waals surface area contributed by atoms with Gasteiger partial charge in [-0.25, -0.2) is 0 Å². The third kappa shape index (κ3) is 4.04. The molecule has 0 fully saturated rings. The molecule has 0 amide bonds. The van der Waals surface area contributed by atoms with Crippen LogP contribution < -0.4 is 0 Å². The number of hydrogen-bond donors (Lipinski definition) is 0. The molecule has 8 aromatic rings. The van der Waals surface area contributed by atoms with Crippen molar-refractivity contribution in [2.24, 2.45) is 0 Å². The van der Waals surface area contributed by atoms with E-state index in [1.54, 1.807) is 0 Å². The zero-order valence-corrected chi connectivity index (χ0v) is 25.1.